The van der Waals surface area contributed by atoms with Gasteiger partial charge in [-0.1, -0.05) is 6.07 Å². The second kappa shape index (κ2) is 6.65. The van der Waals surface area contributed by atoms with Gasteiger partial charge in [-0.05, 0) is 35.4 Å². The lowest BCUT2D eigenvalue weighted by Gasteiger charge is -2.07. The Hall–Kier alpha value is -2.43. The van der Waals surface area contributed by atoms with E-state index in [0.717, 1.165) is 5.56 Å². The van der Waals surface area contributed by atoms with Crippen molar-refractivity contribution in [2.45, 2.75) is 13.0 Å². The van der Waals surface area contributed by atoms with E-state index in [1.807, 2.05) is 12.1 Å². The molecule has 1 heterocycles. The van der Waals surface area contributed by atoms with E-state index in [1.165, 1.54) is 19.2 Å². The monoisotopic (exact) mass is 274 g/mol. The lowest BCUT2D eigenvalue weighted by atomic mass is 10.1. The van der Waals surface area contributed by atoms with Gasteiger partial charge < -0.3 is 10.1 Å². The Kier molecular flexibility index (Phi) is 4.65. The zero-order valence-electron chi connectivity index (χ0n) is 11.1. The average molecular weight is 274 g/mol. The van der Waals surface area contributed by atoms with Crippen LogP contribution in [0.5, 0.6) is 5.75 Å². The molecule has 5 heteroatoms. The number of hydrogen-bond donors (Lipinski definition) is 1. The Morgan fingerprint density at radius 2 is 2.00 bits per heavy atom. The molecule has 104 valence electrons. The van der Waals surface area contributed by atoms with E-state index in [4.69, 9.17) is 4.74 Å². The van der Waals surface area contributed by atoms with Crippen LogP contribution in [0.25, 0.3) is 0 Å². The molecule has 1 N–H and O–H groups in total. The highest BCUT2D eigenvalue weighted by molar-refractivity contribution is 5.78. The highest BCUT2D eigenvalue weighted by atomic mass is 19.1. The Balaban J connectivity index is 1.90. The quantitative estimate of drug-likeness (QED) is 0.908. The number of nitrogens with zero attached hydrogens (tertiary/aromatic N) is 1. The summed E-state index contributed by atoms with van der Waals surface area (Å²) in [4.78, 5) is 15.7. The van der Waals surface area contributed by atoms with E-state index in [-0.39, 0.29) is 18.1 Å². The molecular weight excluding hydrogens is 259 g/mol. The van der Waals surface area contributed by atoms with Crippen LogP contribution in [0, 0.1) is 5.82 Å². The fraction of sp³-hybridized carbons (Fsp3) is 0.200. The molecule has 0 spiro atoms. The Labute approximate surface area is 116 Å². The standard InChI is InChI=1S/C15H15FN2O2/c1-20-14-3-2-12(8-13(14)16)9-15(19)18-10-11-4-6-17-7-5-11/h2-8H,9-10H2,1H3,(H,18,19). The van der Waals surface area contributed by atoms with Crippen LogP contribution in [0.15, 0.2) is 42.7 Å². The maximum absolute atomic E-state index is 13.5. The first kappa shape index (κ1) is 14.0. The summed E-state index contributed by atoms with van der Waals surface area (Å²) in [5, 5.41) is 2.78. The molecule has 1 aromatic heterocycles. The van der Waals surface area contributed by atoms with E-state index >= 15 is 0 Å². The van der Waals surface area contributed by atoms with Crippen LogP contribution in [-0.4, -0.2) is 18.0 Å². The summed E-state index contributed by atoms with van der Waals surface area (Å²) in [6.45, 7) is 0.431. The van der Waals surface area contributed by atoms with Crippen LogP contribution >= 0.6 is 0 Å². The number of aromatic nitrogens is 1. The van der Waals surface area contributed by atoms with Gasteiger partial charge in [0.2, 0.25) is 5.91 Å². The van der Waals surface area contributed by atoms with Crippen molar-refractivity contribution < 1.29 is 13.9 Å². The first-order valence-electron chi connectivity index (χ1n) is 6.17. The third-order valence-electron chi connectivity index (χ3n) is 2.82. The summed E-state index contributed by atoms with van der Waals surface area (Å²) >= 11 is 0. The van der Waals surface area contributed by atoms with Crippen LogP contribution in [-0.2, 0) is 17.8 Å². The summed E-state index contributed by atoms with van der Waals surface area (Å²) in [5.74, 6) is -0.454. The zero-order valence-corrected chi connectivity index (χ0v) is 11.1. The number of hydrogen-bond acceptors (Lipinski definition) is 3. The molecule has 2 aromatic rings. The molecule has 0 aliphatic rings. The highest BCUT2D eigenvalue weighted by Gasteiger charge is 2.07. The molecule has 4 nitrogen and oxygen atoms in total. The zero-order chi connectivity index (χ0) is 14.4. The molecule has 2 rings (SSSR count). The predicted molar refractivity (Wildman–Crippen MR) is 72.7 cm³/mol. The topological polar surface area (TPSA) is 51.2 Å². The second-order valence-electron chi connectivity index (χ2n) is 4.28. The molecule has 0 unspecified atom stereocenters. The maximum Gasteiger partial charge on any atom is 0.224 e. The van der Waals surface area contributed by atoms with Gasteiger partial charge in [-0.3, -0.25) is 9.78 Å². The normalized spacial score (nSPS) is 10.1. The number of carbonyl (C=O) groups is 1. The molecule has 0 radical (unpaired) electrons. The molecule has 0 saturated carbocycles. The number of halogens is 1. The summed E-state index contributed by atoms with van der Waals surface area (Å²) < 4.78 is 18.3. The van der Waals surface area contributed by atoms with Crippen LogP contribution in [0.2, 0.25) is 0 Å². The number of rotatable bonds is 5. The summed E-state index contributed by atoms with van der Waals surface area (Å²) in [6, 6.07) is 8.15. The summed E-state index contributed by atoms with van der Waals surface area (Å²) in [6.07, 6.45) is 3.46. The van der Waals surface area contributed by atoms with Gasteiger partial charge in [0.05, 0.1) is 13.5 Å². The molecule has 20 heavy (non-hydrogen) atoms. The van der Waals surface area contributed by atoms with Gasteiger partial charge in [-0.2, -0.15) is 0 Å². The Morgan fingerprint density at radius 1 is 1.25 bits per heavy atom. The lowest BCUT2D eigenvalue weighted by molar-refractivity contribution is -0.120. The molecule has 1 aromatic carbocycles. The molecule has 0 bridgehead atoms. The van der Waals surface area contributed by atoms with Crippen molar-refractivity contribution in [3.63, 3.8) is 0 Å². The number of nitrogens with one attached hydrogen (secondary N) is 1. The second-order valence-corrected chi connectivity index (χ2v) is 4.28. The highest BCUT2D eigenvalue weighted by Crippen LogP contribution is 2.17. The van der Waals surface area contributed by atoms with Gasteiger partial charge in [0, 0.05) is 18.9 Å². The number of amides is 1. The van der Waals surface area contributed by atoms with Crippen LogP contribution in [0.1, 0.15) is 11.1 Å². The number of pyridine rings is 1. The van der Waals surface area contributed by atoms with Gasteiger partial charge in [0.15, 0.2) is 11.6 Å². The van der Waals surface area contributed by atoms with E-state index < -0.39 is 5.82 Å². The third kappa shape index (κ3) is 3.78. The van der Waals surface area contributed by atoms with Crippen molar-refractivity contribution in [2.24, 2.45) is 0 Å². The smallest absolute Gasteiger partial charge is 0.224 e. The molecular formula is C15H15FN2O2. The van der Waals surface area contributed by atoms with Gasteiger partial charge in [-0.25, -0.2) is 4.39 Å². The van der Waals surface area contributed by atoms with Gasteiger partial charge in [0.1, 0.15) is 0 Å². The first-order valence-corrected chi connectivity index (χ1v) is 6.17. The molecule has 0 fully saturated rings. The van der Waals surface area contributed by atoms with Crippen molar-refractivity contribution >= 4 is 5.91 Å². The number of carbonyl (C=O) groups excluding carboxylic acids is 1. The van der Waals surface area contributed by atoms with E-state index in [1.54, 1.807) is 18.5 Å². The van der Waals surface area contributed by atoms with Gasteiger partial charge in [-0.15, -0.1) is 0 Å². The number of ether oxygens (including phenoxy) is 1. The van der Waals surface area contributed by atoms with Crippen LogP contribution in [0.3, 0.4) is 0 Å². The minimum atomic E-state index is -0.466. The van der Waals surface area contributed by atoms with Crippen molar-refractivity contribution in [1.29, 1.82) is 0 Å². The van der Waals surface area contributed by atoms with Gasteiger partial charge in [0.25, 0.3) is 0 Å². The fourth-order valence-electron chi connectivity index (χ4n) is 1.77. The molecule has 0 aliphatic carbocycles. The largest absolute Gasteiger partial charge is 0.494 e. The summed E-state index contributed by atoms with van der Waals surface area (Å²) in [7, 11) is 1.40. The average Bonchev–Trinajstić information content (AvgIpc) is 2.46. The number of methoxy groups -OCH3 is 1. The SMILES string of the molecule is COc1ccc(CC(=O)NCc2ccncc2)cc1F. The van der Waals surface area contributed by atoms with Gasteiger partial charge >= 0.3 is 0 Å². The van der Waals surface area contributed by atoms with E-state index in [2.05, 4.69) is 10.3 Å². The van der Waals surface area contributed by atoms with Crippen molar-refractivity contribution in [2.75, 3.05) is 7.11 Å². The fourth-order valence-corrected chi connectivity index (χ4v) is 1.77. The maximum atomic E-state index is 13.5. The molecule has 0 atom stereocenters. The van der Waals surface area contributed by atoms with Crippen molar-refractivity contribution in [1.82, 2.24) is 10.3 Å². The van der Waals surface area contributed by atoms with E-state index in [0.29, 0.717) is 12.1 Å². The predicted octanol–water partition coefficient (Wildman–Crippen LogP) is 2.09. The van der Waals surface area contributed by atoms with E-state index in [9.17, 15) is 9.18 Å². The molecule has 0 saturated heterocycles. The first-order chi connectivity index (χ1) is 9.69. The molecule has 1 amide bonds. The third-order valence-corrected chi connectivity index (χ3v) is 2.82. The van der Waals surface area contributed by atoms with Crippen molar-refractivity contribution in [3.05, 3.63) is 59.7 Å². The van der Waals surface area contributed by atoms with Crippen molar-refractivity contribution in [3.8, 4) is 5.75 Å². The van der Waals surface area contributed by atoms with Crippen LogP contribution < -0.4 is 10.1 Å². The minimum Gasteiger partial charge on any atom is -0.494 e. The minimum absolute atomic E-state index is 0.131. The Morgan fingerprint density at radius 3 is 2.65 bits per heavy atom. The Bertz CT molecular complexity index is 588. The number of benzene rings is 1. The summed E-state index contributed by atoms with van der Waals surface area (Å²) in [5.41, 5.74) is 1.57. The molecule has 0 aliphatic heterocycles. The lowest BCUT2D eigenvalue weighted by Crippen LogP contribution is -2.24. The van der Waals surface area contributed by atoms with Crippen LogP contribution in [0.4, 0.5) is 4.39 Å².